The van der Waals surface area contributed by atoms with Crippen LogP contribution in [0.4, 0.5) is 0 Å². The van der Waals surface area contributed by atoms with Crippen LogP contribution in [0.25, 0.3) is 5.69 Å². The highest BCUT2D eigenvalue weighted by atomic mass is 32.2. The van der Waals surface area contributed by atoms with Gasteiger partial charge in [0.2, 0.25) is 11.8 Å². The van der Waals surface area contributed by atoms with Crippen LogP contribution in [0.1, 0.15) is 43.3 Å². The molecule has 0 spiro atoms. The van der Waals surface area contributed by atoms with E-state index in [1.54, 1.807) is 11.8 Å². The van der Waals surface area contributed by atoms with E-state index in [0.29, 0.717) is 23.5 Å². The van der Waals surface area contributed by atoms with Crippen molar-refractivity contribution in [1.82, 2.24) is 25.0 Å². The number of thioether (sulfide) groups is 1. The van der Waals surface area contributed by atoms with Crippen molar-refractivity contribution in [2.45, 2.75) is 43.0 Å². The number of hydrogen-bond acceptors (Lipinski definition) is 6. The minimum atomic E-state index is 0.534. The summed E-state index contributed by atoms with van der Waals surface area (Å²) in [7, 11) is 0. The Morgan fingerprint density at radius 3 is 2.57 bits per heavy atom. The first-order valence-corrected chi connectivity index (χ1v) is 8.78. The SMILES string of the molecule is CCc1nnc(CSc2nnc(C3CC3)n2-c2ccccc2)o1. The summed E-state index contributed by atoms with van der Waals surface area (Å²) in [6.45, 7) is 2.00. The predicted molar refractivity (Wildman–Crippen MR) is 86.6 cm³/mol. The predicted octanol–water partition coefficient (Wildman–Crippen LogP) is 3.38. The van der Waals surface area contributed by atoms with E-state index in [1.807, 2.05) is 25.1 Å². The fourth-order valence-electron chi connectivity index (χ4n) is 2.42. The third kappa shape index (κ3) is 3.01. The summed E-state index contributed by atoms with van der Waals surface area (Å²) >= 11 is 1.58. The molecule has 0 N–H and O–H groups in total. The van der Waals surface area contributed by atoms with Gasteiger partial charge in [-0.05, 0) is 25.0 Å². The molecule has 1 aliphatic rings. The van der Waals surface area contributed by atoms with Gasteiger partial charge in [0, 0.05) is 18.0 Å². The van der Waals surface area contributed by atoms with Crippen LogP contribution in [0.2, 0.25) is 0 Å². The monoisotopic (exact) mass is 327 g/mol. The van der Waals surface area contributed by atoms with Crippen LogP contribution in [0.3, 0.4) is 0 Å². The van der Waals surface area contributed by atoms with Crippen LogP contribution in [0.5, 0.6) is 0 Å². The Hall–Kier alpha value is -2.15. The Morgan fingerprint density at radius 1 is 1.09 bits per heavy atom. The normalized spacial score (nSPS) is 14.3. The molecule has 0 atom stereocenters. The van der Waals surface area contributed by atoms with E-state index in [9.17, 15) is 0 Å². The highest BCUT2D eigenvalue weighted by molar-refractivity contribution is 7.98. The van der Waals surface area contributed by atoms with Gasteiger partial charge in [0.05, 0.1) is 5.75 Å². The van der Waals surface area contributed by atoms with E-state index < -0.39 is 0 Å². The molecule has 1 saturated carbocycles. The number of hydrogen-bond donors (Lipinski definition) is 0. The lowest BCUT2D eigenvalue weighted by Crippen LogP contribution is -2.01. The number of aromatic nitrogens is 5. The summed E-state index contributed by atoms with van der Waals surface area (Å²) in [5.41, 5.74) is 1.10. The highest BCUT2D eigenvalue weighted by Gasteiger charge is 2.31. The molecule has 0 unspecified atom stereocenters. The molecule has 118 valence electrons. The molecule has 2 aromatic heterocycles. The zero-order valence-electron chi connectivity index (χ0n) is 12.8. The molecule has 1 fully saturated rings. The molecule has 0 radical (unpaired) electrons. The zero-order chi connectivity index (χ0) is 15.6. The van der Waals surface area contributed by atoms with Gasteiger partial charge in [0.25, 0.3) is 0 Å². The average molecular weight is 327 g/mol. The smallest absolute Gasteiger partial charge is 0.226 e. The van der Waals surface area contributed by atoms with Crippen LogP contribution in [0.15, 0.2) is 39.9 Å². The second kappa shape index (κ2) is 6.16. The Balaban J connectivity index is 1.60. The van der Waals surface area contributed by atoms with Crippen molar-refractivity contribution in [1.29, 1.82) is 0 Å². The average Bonchev–Trinajstić information content (AvgIpc) is 3.19. The van der Waals surface area contributed by atoms with E-state index >= 15 is 0 Å². The molecule has 23 heavy (non-hydrogen) atoms. The van der Waals surface area contributed by atoms with Gasteiger partial charge >= 0.3 is 0 Å². The molecule has 1 aromatic carbocycles. The summed E-state index contributed by atoms with van der Waals surface area (Å²) in [5.74, 6) is 3.49. The summed E-state index contributed by atoms with van der Waals surface area (Å²) in [6.07, 6.45) is 3.14. The molecule has 0 amide bonds. The number of para-hydroxylation sites is 1. The van der Waals surface area contributed by atoms with Gasteiger partial charge in [-0.25, -0.2) is 0 Å². The second-order valence-corrected chi connectivity index (χ2v) is 6.46. The van der Waals surface area contributed by atoms with Crippen LogP contribution >= 0.6 is 11.8 Å². The molecule has 7 heteroatoms. The van der Waals surface area contributed by atoms with Gasteiger partial charge in [-0.15, -0.1) is 20.4 Å². The number of rotatable bonds is 6. The van der Waals surface area contributed by atoms with Gasteiger partial charge in [-0.1, -0.05) is 36.9 Å². The lowest BCUT2D eigenvalue weighted by atomic mass is 10.3. The minimum absolute atomic E-state index is 0.534. The van der Waals surface area contributed by atoms with Crippen molar-refractivity contribution >= 4 is 11.8 Å². The van der Waals surface area contributed by atoms with E-state index in [4.69, 9.17) is 4.42 Å². The molecule has 2 heterocycles. The molecule has 0 saturated heterocycles. The second-order valence-electron chi connectivity index (χ2n) is 5.52. The quantitative estimate of drug-likeness (QED) is 0.646. The Morgan fingerprint density at radius 2 is 1.87 bits per heavy atom. The van der Waals surface area contributed by atoms with Gasteiger partial charge in [-0.2, -0.15) is 0 Å². The molecule has 0 bridgehead atoms. The zero-order valence-corrected chi connectivity index (χ0v) is 13.7. The summed E-state index contributed by atoms with van der Waals surface area (Å²) in [4.78, 5) is 0. The van der Waals surface area contributed by atoms with Gasteiger partial charge in [0.15, 0.2) is 5.16 Å². The molecule has 1 aliphatic carbocycles. The Labute approximate surface area is 138 Å². The molecule has 6 nitrogen and oxygen atoms in total. The summed E-state index contributed by atoms with van der Waals surface area (Å²) < 4.78 is 7.72. The van der Waals surface area contributed by atoms with Crippen molar-refractivity contribution in [3.05, 3.63) is 47.9 Å². The highest BCUT2D eigenvalue weighted by Crippen LogP contribution is 2.41. The molecular formula is C16H17N5OS. The first kappa shape index (κ1) is 14.4. The summed E-state index contributed by atoms with van der Waals surface area (Å²) in [6, 6.07) is 10.3. The van der Waals surface area contributed by atoms with Crippen molar-refractivity contribution in [2.75, 3.05) is 0 Å². The first-order valence-electron chi connectivity index (χ1n) is 7.80. The van der Waals surface area contributed by atoms with Crippen molar-refractivity contribution in [3.63, 3.8) is 0 Å². The first-order chi connectivity index (χ1) is 11.3. The maximum atomic E-state index is 5.57. The molecule has 3 aromatic rings. The molecular weight excluding hydrogens is 310 g/mol. The van der Waals surface area contributed by atoms with Gasteiger partial charge < -0.3 is 4.42 Å². The standard InChI is InChI=1S/C16H17N5OS/c1-2-13-17-18-14(22-13)10-23-16-20-19-15(11-8-9-11)21(16)12-6-4-3-5-7-12/h3-7,11H,2,8-10H2,1H3. The third-order valence-electron chi connectivity index (χ3n) is 3.75. The van der Waals surface area contributed by atoms with E-state index in [1.165, 1.54) is 12.8 Å². The largest absolute Gasteiger partial charge is 0.424 e. The molecule has 0 aliphatic heterocycles. The van der Waals surface area contributed by atoms with Crippen LogP contribution in [-0.4, -0.2) is 25.0 Å². The van der Waals surface area contributed by atoms with Gasteiger partial charge in [-0.3, -0.25) is 4.57 Å². The summed E-state index contributed by atoms with van der Waals surface area (Å²) in [5, 5.41) is 17.7. The van der Waals surface area contributed by atoms with Crippen LogP contribution in [0, 0.1) is 0 Å². The third-order valence-corrected chi connectivity index (χ3v) is 4.66. The maximum absolute atomic E-state index is 5.57. The van der Waals surface area contributed by atoms with Crippen LogP contribution < -0.4 is 0 Å². The maximum Gasteiger partial charge on any atom is 0.226 e. The fourth-order valence-corrected chi connectivity index (χ4v) is 3.21. The minimum Gasteiger partial charge on any atom is -0.424 e. The number of nitrogens with zero attached hydrogens (tertiary/aromatic N) is 5. The lowest BCUT2D eigenvalue weighted by Gasteiger charge is -2.08. The van der Waals surface area contributed by atoms with Gasteiger partial charge in [0.1, 0.15) is 5.82 Å². The van der Waals surface area contributed by atoms with Crippen molar-refractivity contribution in [2.24, 2.45) is 0 Å². The topological polar surface area (TPSA) is 69.6 Å². The molecule has 4 rings (SSSR count). The van der Waals surface area contributed by atoms with Crippen molar-refractivity contribution < 1.29 is 4.42 Å². The fraction of sp³-hybridized carbons (Fsp3) is 0.375. The van der Waals surface area contributed by atoms with Crippen molar-refractivity contribution in [3.8, 4) is 5.69 Å². The lowest BCUT2D eigenvalue weighted by molar-refractivity contribution is 0.470. The van der Waals surface area contributed by atoms with E-state index in [0.717, 1.165) is 23.1 Å². The number of benzene rings is 1. The van der Waals surface area contributed by atoms with E-state index in [2.05, 4.69) is 37.1 Å². The Bertz CT molecular complexity index is 794. The van der Waals surface area contributed by atoms with Crippen LogP contribution in [-0.2, 0) is 12.2 Å². The Kier molecular flexibility index (Phi) is 3.87. The number of aryl methyl sites for hydroxylation is 1. The van der Waals surface area contributed by atoms with E-state index in [-0.39, 0.29) is 0 Å².